The van der Waals surface area contributed by atoms with Crippen molar-refractivity contribution >= 4 is 5.71 Å². The van der Waals surface area contributed by atoms with Crippen LogP contribution in [0.25, 0.3) is 16.9 Å². The van der Waals surface area contributed by atoms with E-state index in [9.17, 15) is 4.79 Å². The maximum Gasteiger partial charge on any atom is 0.280 e. The summed E-state index contributed by atoms with van der Waals surface area (Å²) in [6, 6.07) is 15.0. The quantitative estimate of drug-likeness (QED) is 0.407. The summed E-state index contributed by atoms with van der Waals surface area (Å²) in [6.07, 6.45) is 3.29. The molecular formula is C24H29N3O3. The van der Waals surface area contributed by atoms with Gasteiger partial charge in [-0.15, -0.1) is 0 Å². The lowest BCUT2D eigenvalue weighted by Gasteiger charge is -2.05. The van der Waals surface area contributed by atoms with Crippen LogP contribution >= 0.6 is 0 Å². The van der Waals surface area contributed by atoms with E-state index in [4.69, 9.17) is 9.47 Å². The Bertz CT molecular complexity index is 1040. The largest absolute Gasteiger partial charge is 0.497 e. The number of ether oxygens (including phenoxy) is 2. The highest BCUT2D eigenvalue weighted by molar-refractivity contribution is 6.03. The van der Waals surface area contributed by atoms with Crippen molar-refractivity contribution in [3.05, 3.63) is 64.4 Å². The van der Waals surface area contributed by atoms with Crippen molar-refractivity contribution in [3.63, 3.8) is 0 Å². The molecule has 6 nitrogen and oxygen atoms in total. The van der Waals surface area contributed by atoms with Crippen molar-refractivity contribution in [3.8, 4) is 28.4 Å². The third-order valence-electron chi connectivity index (χ3n) is 5.07. The number of H-pyrrole nitrogens is 1. The molecule has 0 saturated heterocycles. The summed E-state index contributed by atoms with van der Waals surface area (Å²) in [5.74, 6) is 1.50. The topological polar surface area (TPSA) is 68.6 Å². The van der Waals surface area contributed by atoms with E-state index in [0.717, 1.165) is 60.0 Å². The summed E-state index contributed by atoms with van der Waals surface area (Å²) < 4.78 is 12.1. The highest BCUT2D eigenvalue weighted by Crippen LogP contribution is 2.24. The molecule has 0 fully saturated rings. The maximum atomic E-state index is 13.4. The van der Waals surface area contributed by atoms with Crippen LogP contribution in [0.15, 0.2) is 58.3 Å². The van der Waals surface area contributed by atoms with E-state index in [1.165, 1.54) is 0 Å². The maximum absolute atomic E-state index is 13.4. The summed E-state index contributed by atoms with van der Waals surface area (Å²) in [7, 11) is 3.25. The Morgan fingerprint density at radius 1 is 0.967 bits per heavy atom. The molecule has 0 aliphatic heterocycles. The van der Waals surface area contributed by atoms with Crippen molar-refractivity contribution in [2.24, 2.45) is 4.99 Å². The Morgan fingerprint density at radius 2 is 1.57 bits per heavy atom. The number of aliphatic imine (C=N–C) groups is 1. The lowest BCUT2D eigenvalue weighted by molar-refractivity contribution is 0.414. The zero-order valence-electron chi connectivity index (χ0n) is 18.1. The first kappa shape index (κ1) is 21.4. The first-order chi connectivity index (χ1) is 14.6. The van der Waals surface area contributed by atoms with Crippen molar-refractivity contribution in [1.29, 1.82) is 0 Å². The zero-order chi connectivity index (χ0) is 21.5. The number of rotatable bonds is 9. The van der Waals surface area contributed by atoms with Gasteiger partial charge in [0.1, 0.15) is 11.5 Å². The number of benzene rings is 2. The van der Waals surface area contributed by atoms with Gasteiger partial charge >= 0.3 is 0 Å². The average Bonchev–Trinajstić information content (AvgIpc) is 3.13. The fraction of sp³-hybridized carbons (Fsp3) is 0.333. The molecular weight excluding hydrogens is 378 g/mol. The van der Waals surface area contributed by atoms with Crippen molar-refractivity contribution in [2.45, 2.75) is 33.1 Å². The molecule has 0 bridgehead atoms. The van der Waals surface area contributed by atoms with Crippen LogP contribution in [-0.2, 0) is 0 Å². The average molecular weight is 408 g/mol. The summed E-state index contributed by atoms with van der Waals surface area (Å²) >= 11 is 0. The molecule has 0 radical (unpaired) electrons. The molecule has 0 atom stereocenters. The summed E-state index contributed by atoms with van der Waals surface area (Å²) in [5.41, 5.74) is 3.59. The number of unbranched alkanes of at least 4 members (excludes halogenated alkanes) is 2. The van der Waals surface area contributed by atoms with E-state index in [2.05, 4.69) is 17.0 Å². The molecule has 1 aromatic heterocycles. The van der Waals surface area contributed by atoms with Gasteiger partial charge < -0.3 is 9.47 Å². The lowest BCUT2D eigenvalue weighted by Crippen LogP contribution is -2.19. The fourth-order valence-electron chi connectivity index (χ4n) is 3.34. The van der Waals surface area contributed by atoms with Crippen LogP contribution in [0.4, 0.5) is 0 Å². The molecule has 1 N–H and O–H groups in total. The van der Waals surface area contributed by atoms with Crippen LogP contribution in [-0.4, -0.2) is 36.3 Å². The Kier molecular flexibility index (Phi) is 7.12. The second-order valence-corrected chi connectivity index (χ2v) is 7.10. The van der Waals surface area contributed by atoms with E-state index in [1.54, 1.807) is 18.9 Å². The number of hydrogen-bond acceptors (Lipinski definition) is 4. The SMILES string of the molecule is CCCCCN=C(C)c1c(-c2ccc(OC)cc2)[nH]n(-c2ccc(OC)cc2)c1=O. The highest BCUT2D eigenvalue weighted by Gasteiger charge is 2.19. The smallest absolute Gasteiger partial charge is 0.280 e. The number of nitrogens with zero attached hydrogens (tertiary/aromatic N) is 2. The van der Waals surface area contributed by atoms with E-state index in [0.29, 0.717) is 5.56 Å². The van der Waals surface area contributed by atoms with Gasteiger partial charge in [0.15, 0.2) is 0 Å². The van der Waals surface area contributed by atoms with Crippen LogP contribution in [0, 0.1) is 0 Å². The van der Waals surface area contributed by atoms with Crippen LogP contribution in [0.5, 0.6) is 11.5 Å². The predicted octanol–water partition coefficient (Wildman–Crippen LogP) is 4.85. The van der Waals surface area contributed by atoms with E-state index in [1.807, 2.05) is 55.5 Å². The van der Waals surface area contributed by atoms with Gasteiger partial charge in [-0.1, -0.05) is 19.8 Å². The Morgan fingerprint density at radius 3 is 2.13 bits per heavy atom. The summed E-state index contributed by atoms with van der Waals surface area (Å²) in [6.45, 7) is 4.79. The molecule has 158 valence electrons. The second kappa shape index (κ2) is 9.96. The minimum Gasteiger partial charge on any atom is -0.497 e. The van der Waals surface area contributed by atoms with Gasteiger partial charge in [-0.05, 0) is 61.9 Å². The van der Waals surface area contributed by atoms with Crippen molar-refractivity contribution in [1.82, 2.24) is 9.78 Å². The molecule has 0 saturated carbocycles. The third-order valence-corrected chi connectivity index (χ3v) is 5.07. The number of aromatic amines is 1. The number of methoxy groups -OCH3 is 2. The fourth-order valence-corrected chi connectivity index (χ4v) is 3.34. The van der Waals surface area contributed by atoms with Gasteiger partial charge in [-0.2, -0.15) is 0 Å². The normalized spacial score (nSPS) is 11.5. The Labute approximate surface area is 177 Å². The first-order valence-electron chi connectivity index (χ1n) is 10.2. The van der Waals surface area contributed by atoms with E-state index < -0.39 is 0 Å². The van der Waals surface area contributed by atoms with Gasteiger partial charge in [0.05, 0.1) is 31.2 Å². The molecule has 3 rings (SSSR count). The molecule has 30 heavy (non-hydrogen) atoms. The lowest BCUT2D eigenvalue weighted by atomic mass is 10.0. The van der Waals surface area contributed by atoms with Crippen LogP contribution in [0.2, 0.25) is 0 Å². The van der Waals surface area contributed by atoms with Gasteiger partial charge in [0, 0.05) is 17.8 Å². The molecule has 1 heterocycles. The minimum absolute atomic E-state index is 0.122. The number of nitrogens with one attached hydrogen (secondary N) is 1. The minimum atomic E-state index is -0.122. The molecule has 0 aliphatic carbocycles. The second-order valence-electron chi connectivity index (χ2n) is 7.10. The highest BCUT2D eigenvalue weighted by atomic mass is 16.5. The van der Waals surface area contributed by atoms with E-state index in [-0.39, 0.29) is 5.56 Å². The number of aromatic nitrogens is 2. The molecule has 0 unspecified atom stereocenters. The van der Waals surface area contributed by atoms with Crippen LogP contribution in [0.1, 0.15) is 38.7 Å². The summed E-state index contributed by atoms with van der Waals surface area (Å²) in [5, 5.41) is 3.28. The predicted molar refractivity (Wildman–Crippen MR) is 122 cm³/mol. The monoisotopic (exact) mass is 407 g/mol. The van der Waals surface area contributed by atoms with Crippen LogP contribution in [0.3, 0.4) is 0 Å². The first-order valence-corrected chi connectivity index (χ1v) is 10.2. The molecule has 3 aromatic rings. The summed E-state index contributed by atoms with van der Waals surface area (Å²) in [4.78, 5) is 18.1. The standard InChI is InChI=1S/C24H29N3O3/c1-5-6-7-16-25-17(2)22-23(18-8-12-20(29-3)13-9-18)26-27(24(22)28)19-10-14-21(30-4)15-11-19/h8-15,26H,5-7,16H2,1-4H3. The molecule has 6 heteroatoms. The van der Waals surface area contributed by atoms with Gasteiger partial charge in [0.2, 0.25) is 0 Å². The van der Waals surface area contributed by atoms with E-state index >= 15 is 0 Å². The molecule has 2 aromatic carbocycles. The Hall–Kier alpha value is -3.28. The third kappa shape index (κ3) is 4.64. The Balaban J connectivity index is 2.09. The van der Waals surface area contributed by atoms with Gasteiger partial charge in [-0.25, -0.2) is 4.68 Å². The van der Waals surface area contributed by atoms with Crippen molar-refractivity contribution < 1.29 is 9.47 Å². The molecule has 0 amide bonds. The van der Waals surface area contributed by atoms with Gasteiger partial charge in [-0.3, -0.25) is 14.9 Å². The molecule has 0 aliphatic rings. The van der Waals surface area contributed by atoms with Gasteiger partial charge in [0.25, 0.3) is 5.56 Å². The zero-order valence-corrected chi connectivity index (χ0v) is 18.1. The molecule has 0 spiro atoms. The number of hydrogen-bond donors (Lipinski definition) is 1. The van der Waals surface area contributed by atoms with Crippen LogP contribution < -0.4 is 15.0 Å². The van der Waals surface area contributed by atoms with Crippen molar-refractivity contribution in [2.75, 3.05) is 20.8 Å².